The highest BCUT2D eigenvalue weighted by atomic mass is 35.5. The van der Waals surface area contributed by atoms with Gasteiger partial charge in [-0.2, -0.15) is 0 Å². The molecule has 0 bridgehead atoms. The Morgan fingerprint density at radius 1 is 1.56 bits per heavy atom. The average Bonchev–Trinajstić information content (AvgIpc) is 2.86. The van der Waals surface area contributed by atoms with Crippen molar-refractivity contribution < 1.29 is 4.79 Å². The highest BCUT2D eigenvalue weighted by molar-refractivity contribution is 6.30. The van der Waals surface area contributed by atoms with E-state index in [9.17, 15) is 4.79 Å². The Hall–Kier alpha value is -1.06. The number of likely N-dealkylation sites (tertiary alicyclic amines) is 1. The van der Waals surface area contributed by atoms with Gasteiger partial charge >= 0.3 is 0 Å². The third-order valence-corrected chi connectivity index (χ3v) is 3.81. The SMILES string of the molecule is CNC(C)C(=O)N1CCCC1c1cccc(Cl)c1. The molecule has 1 N–H and O–H groups in total. The molecule has 2 rings (SSSR count). The van der Waals surface area contributed by atoms with E-state index < -0.39 is 0 Å². The lowest BCUT2D eigenvalue weighted by Crippen LogP contribution is -2.43. The summed E-state index contributed by atoms with van der Waals surface area (Å²) >= 11 is 6.02. The first-order valence-electron chi connectivity index (χ1n) is 6.36. The summed E-state index contributed by atoms with van der Waals surface area (Å²) < 4.78 is 0. The Labute approximate surface area is 113 Å². The summed E-state index contributed by atoms with van der Waals surface area (Å²) in [4.78, 5) is 14.2. The smallest absolute Gasteiger partial charge is 0.239 e. The van der Waals surface area contributed by atoms with Crippen molar-refractivity contribution in [2.75, 3.05) is 13.6 Å². The highest BCUT2D eigenvalue weighted by Crippen LogP contribution is 2.33. The zero-order chi connectivity index (χ0) is 13.1. The van der Waals surface area contributed by atoms with Crippen molar-refractivity contribution in [1.29, 1.82) is 0 Å². The minimum Gasteiger partial charge on any atom is -0.334 e. The van der Waals surface area contributed by atoms with Gasteiger partial charge in [-0.25, -0.2) is 0 Å². The van der Waals surface area contributed by atoms with Crippen LogP contribution in [0.4, 0.5) is 0 Å². The highest BCUT2D eigenvalue weighted by Gasteiger charge is 2.31. The topological polar surface area (TPSA) is 32.3 Å². The van der Waals surface area contributed by atoms with E-state index in [0.717, 1.165) is 30.0 Å². The first-order chi connectivity index (χ1) is 8.63. The molecule has 1 fully saturated rings. The first kappa shape index (κ1) is 13.4. The maximum atomic E-state index is 12.3. The Kier molecular flexibility index (Phi) is 4.25. The van der Waals surface area contributed by atoms with Crippen molar-refractivity contribution in [2.45, 2.75) is 31.8 Å². The molecule has 18 heavy (non-hydrogen) atoms. The molecule has 0 saturated carbocycles. The fourth-order valence-electron chi connectivity index (χ4n) is 2.46. The zero-order valence-electron chi connectivity index (χ0n) is 10.8. The fraction of sp³-hybridized carbons (Fsp3) is 0.500. The summed E-state index contributed by atoms with van der Waals surface area (Å²) in [7, 11) is 1.81. The summed E-state index contributed by atoms with van der Waals surface area (Å²) in [5.74, 6) is 0.167. The molecule has 0 aliphatic carbocycles. The largest absolute Gasteiger partial charge is 0.334 e. The molecule has 2 unspecified atom stereocenters. The van der Waals surface area contributed by atoms with Gasteiger partial charge in [0.1, 0.15) is 0 Å². The number of carbonyl (C=O) groups excluding carboxylic acids is 1. The number of amides is 1. The quantitative estimate of drug-likeness (QED) is 0.912. The predicted molar refractivity (Wildman–Crippen MR) is 73.7 cm³/mol. The number of benzene rings is 1. The molecule has 1 aliphatic rings. The van der Waals surface area contributed by atoms with Crippen molar-refractivity contribution in [2.24, 2.45) is 0 Å². The van der Waals surface area contributed by atoms with Gasteiger partial charge in [0.05, 0.1) is 12.1 Å². The molecule has 4 heteroatoms. The standard InChI is InChI=1S/C14H19ClN2O/c1-10(16-2)14(18)17-8-4-7-13(17)11-5-3-6-12(15)9-11/h3,5-6,9-10,13,16H,4,7-8H2,1-2H3. The van der Waals surface area contributed by atoms with Crippen LogP contribution in [0.15, 0.2) is 24.3 Å². The summed E-state index contributed by atoms with van der Waals surface area (Å²) in [6.45, 7) is 2.73. The van der Waals surface area contributed by atoms with E-state index in [0.29, 0.717) is 0 Å². The van der Waals surface area contributed by atoms with E-state index in [2.05, 4.69) is 5.32 Å². The molecule has 1 heterocycles. The zero-order valence-corrected chi connectivity index (χ0v) is 11.6. The first-order valence-corrected chi connectivity index (χ1v) is 6.74. The van der Waals surface area contributed by atoms with Gasteiger partial charge in [0.15, 0.2) is 0 Å². The van der Waals surface area contributed by atoms with Crippen LogP contribution in [0.2, 0.25) is 5.02 Å². The van der Waals surface area contributed by atoms with Crippen molar-refractivity contribution in [3.8, 4) is 0 Å². The normalized spacial score (nSPS) is 21.1. The third kappa shape index (κ3) is 2.68. The second-order valence-electron chi connectivity index (χ2n) is 4.76. The molecule has 3 nitrogen and oxygen atoms in total. The fourth-order valence-corrected chi connectivity index (χ4v) is 2.66. The monoisotopic (exact) mass is 266 g/mol. The maximum Gasteiger partial charge on any atom is 0.239 e. The number of halogens is 1. The van der Waals surface area contributed by atoms with E-state index >= 15 is 0 Å². The van der Waals surface area contributed by atoms with Crippen LogP contribution in [0.5, 0.6) is 0 Å². The van der Waals surface area contributed by atoms with Crippen LogP contribution in [0.1, 0.15) is 31.4 Å². The summed E-state index contributed by atoms with van der Waals surface area (Å²) in [6.07, 6.45) is 2.07. The van der Waals surface area contributed by atoms with Crippen molar-refractivity contribution in [1.82, 2.24) is 10.2 Å². The summed E-state index contributed by atoms with van der Waals surface area (Å²) in [5, 5.41) is 3.74. The van der Waals surface area contributed by atoms with Crippen LogP contribution in [0.3, 0.4) is 0 Å². The molecule has 2 atom stereocenters. The van der Waals surface area contributed by atoms with E-state index in [1.165, 1.54) is 0 Å². The van der Waals surface area contributed by atoms with E-state index in [1.54, 1.807) is 0 Å². The van der Waals surface area contributed by atoms with Crippen LogP contribution in [-0.4, -0.2) is 30.4 Å². The van der Waals surface area contributed by atoms with Crippen LogP contribution >= 0.6 is 11.6 Å². The summed E-state index contributed by atoms with van der Waals surface area (Å²) in [6, 6.07) is 7.85. The number of hydrogen-bond donors (Lipinski definition) is 1. The predicted octanol–water partition coefficient (Wildman–Crippen LogP) is 2.61. The van der Waals surface area contributed by atoms with Crippen molar-refractivity contribution in [3.05, 3.63) is 34.9 Å². The van der Waals surface area contributed by atoms with Gasteiger partial charge in [0, 0.05) is 11.6 Å². The molecule has 1 amide bonds. The second kappa shape index (κ2) is 5.72. The van der Waals surface area contributed by atoms with Gasteiger partial charge in [-0.3, -0.25) is 4.79 Å². The lowest BCUT2D eigenvalue weighted by molar-refractivity contribution is -0.133. The van der Waals surface area contributed by atoms with Crippen LogP contribution < -0.4 is 5.32 Å². The van der Waals surface area contributed by atoms with E-state index in [4.69, 9.17) is 11.6 Å². The number of nitrogens with zero attached hydrogens (tertiary/aromatic N) is 1. The Balaban J connectivity index is 2.20. The number of hydrogen-bond acceptors (Lipinski definition) is 2. The minimum absolute atomic E-state index is 0.134. The van der Waals surface area contributed by atoms with Crippen LogP contribution in [0, 0.1) is 0 Å². The lowest BCUT2D eigenvalue weighted by Gasteiger charge is -2.27. The molecule has 98 valence electrons. The average molecular weight is 267 g/mol. The molecular formula is C14H19ClN2O. The van der Waals surface area contributed by atoms with E-state index in [-0.39, 0.29) is 18.0 Å². The molecule has 0 aromatic heterocycles. The Morgan fingerprint density at radius 2 is 2.33 bits per heavy atom. The molecular weight excluding hydrogens is 248 g/mol. The maximum absolute atomic E-state index is 12.3. The van der Waals surface area contributed by atoms with Crippen LogP contribution in [-0.2, 0) is 4.79 Å². The third-order valence-electron chi connectivity index (χ3n) is 3.57. The van der Waals surface area contributed by atoms with Crippen molar-refractivity contribution >= 4 is 17.5 Å². The van der Waals surface area contributed by atoms with Gasteiger partial charge in [-0.15, -0.1) is 0 Å². The van der Waals surface area contributed by atoms with Crippen molar-refractivity contribution in [3.63, 3.8) is 0 Å². The minimum atomic E-state index is -0.134. The summed E-state index contributed by atoms with van der Waals surface area (Å²) in [5.41, 5.74) is 1.14. The van der Waals surface area contributed by atoms with Gasteiger partial charge in [-0.1, -0.05) is 23.7 Å². The van der Waals surface area contributed by atoms with Gasteiger partial charge in [0.25, 0.3) is 0 Å². The van der Waals surface area contributed by atoms with Gasteiger partial charge in [-0.05, 0) is 44.5 Å². The van der Waals surface area contributed by atoms with Gasteiger partial charge in [0.2, 0.25) is 5.91 Å². The molecule has 0 spiro atoms. The Bertz CT molecular complexity index is 436. The number of likely N-dealkylation sites (N-methyl/N-ethyl adjacent to an activating group) is 1. The molecule has 1 aromatic carbocycles. The van der Waals surface area contributed by atoms with Crippen LogP contribution in [0.25, 0.3) is 0 Å². The Morgan fingerprint density at radius 3 is 3.00 bits per heavy atom. The molecule has 1 aromatic rings. The van der Waals surface area contributed by atoms with E-state index in [1.807, 2.05) is 43.1 Å². The molecule has 1 aliphatic heterocycles. The number of rotatable bonds is 3. The second-order valence-corrected chi connectivity index (χ2v) is 5.19. The van der Waals surface area contributed by atoms with Gasteiger partial charge < -0.3 is 10.2 Å². The number of nitrogens with one attached hydrogen (secondary N) is 1. The number of carbonyl (C=O) groups is 1. The molecule has 1 saturated heterocycles. The molecule has 0 radical (unpaired) electrons. The lowest BCUT2D eigenvalue weighted by atomic mass is 10.0.